The van der Waals surface area contributed by atoms with E-state index in [0.717, 1.165) is 29.9 Å². The van der Waals surface area contributed by atoms with Crippen LogP contribution in [-0.4, -0.2) is 16.3 Å². The number of carbonyl (C=O) groups excluding carboxylic acids is 2. The Morgan fingerprint density at radius 3 is 2.42 bits per heavy atom. The molecule has 2 rings (SSSR count). The average molecular weight is 349 g/mol. The fourth-order valence-electron chi connectivity index (χ4n) is 2.92. The third-order valence-electron chi connectivity index (χ3n) is 4.17. The standard InChI is InChI=1S/C21H23N3O2/c1-5-10-24-14(2)11-20(15(24)3)21(26)18(13-22)12-17-6-8-19(9-7-17)23-16(4)25/h6-9,11-12H,5,10H2,1-4H3,(H,23,25)/b18-12+. The number of aryl methyl sites for hydroxylation is 1. The quantitative estimate of drug-likeness (QED) is 0.481. The average Bonchev–Trinajstić information content (AvgIpc) is 2.88. The second-order valence-electron chi connectivity index (χ2n) is 6.24. The Morgan fingerprint density at radius 2 is 1.88 bits per heavy atom. The van der Waals surface area contributed by atoms with E-state index >= 15 is 0 Å². The molecular formula is C21H23N3O2. The smallest absolute Gasteiger partial charge is 0.221 e. The number of hydrogen-bond acceptors (Lipinski definition) is 3. The minimum Gasteiger partial charge on any atom is -0.348 e. The molecule has 26 heavy (non-hydrogen) atoms. The zero-order valence-corrected chi connectivity index (χ0v) is 15.6. The predicted octanol–water partition coefficient (Wildman–Crippen LogP) is 4.26. The second kappa shape index (κ2) is 8.30. The van der Waals surface area contributed by atoms with E-state index in [1.54, 1.807) is 30.3 Å². The fourth-order valence-corrected chi connectivity index (χ4v) is 2.92. The van der Waals surface area contributed by atoms with Gasteiger partial charge in [-0.15, -0.1) is 0 Å². The molecule has 1 aromatic carbocycles. The Balaban J connectivity index is 2.32. The molecule has 1 aromatic heterocycles. The number of hydrogen-bond donors (Lipinski definition) is 1. The van der Waals surface area contributed by atoms with Crippen LogP contribution >= 0.6 is 0 Å². The first-order valence-electron chi connectivity index (χ1n) is 8.58. The first kappa shape index (κ1) is 19.2. The predicted molar refractivity (Wildman–Crippen MR) is 103 cm³/mol. The molecule has 5 heteroatoms. The molecule has 5 nitrogen and oxygen atoms in total. The van der Waals surface area contributed by atoms with Gasteiger partial charge in [-0.1, -0.05) is 19.1 Å². The van der Waals surface area contributed by atoms with Crippen LogP contribution in [0.25, 0.3) is 6.08 Å². The van der Waals surface area contributed by atoms with Crippen molar-refractivity contribution < 1.29 is 9.59 Å². The molecule has 0 atom stereocenters. The zero-order valence-electron chi connectivity index (χ0n) is 15.6. The normalized spacial score (nSPS) is 11.1. The van der Waals surface area contributed by atoms with Gasteiger partial charge in [0.15, 0.2) is 0 Å². The highest BCUT2D eigenvalue weighted by atomic mass is 16.1. The SMILES string of the molecule is CCCn1c(C)cc(C(=O)/C(C#N)=C/c2ccc(NC(C)=O)cc2)c1C. The summed E-state index contributed by atoms with van der Waals surface area (Å²) in [5.74, 6) is -0.419. The lowest BCUT2D eigenvalue weighted by atomic mass is 10.0. The first-order valence-corrected chi connectivity index (χ1v) is 8.58. The summed E-state index contributed by atoms with van der Waals surface area (Å²) in [6.45, 7) is 8.26. The molecule has 2 aromatic rings. The Labute approximate surface area is 153 Å². The third-order valence-corrected chi connectivity index (χ3v) is 4.17. The maximum atomic E-state index is 12.8. The van der Waals surface area contributed by atoms with Crippen molar-refractivity contribution in [3.8, 4) is 6.07 Å². The van der Waals surface area contributed by atoms with Gasteiger partial charge >= 0.3 is 0 Å². The molecule has 0 bridgehead atoms. The van der Waals surface area contributed by atoms with Crippen molar-refractivity contribution in [1.82, 2.24) is 4.57 Å². The highest BCUT2D eigenvalue weighted by Gasteiger charge is 2.19. The van der Waals surface area contributed by atoms with Gasteiger partial charge in [0.25, 0.3) is 0 Å². The maximum absolute atomic E-state index is 12.8. The Kier molecular flexibility index (Phi) is 6.13. The van der Waals surface area contributed by atoms with Crippen molar-refractivity contribution in [3.63, 3.8) is 0 Å². The van der Waals surface area contributed by atoms with Crippen LogP contribution in [0.3, 0.4) is 0 Å². The lowest BCUT2D eigenvalue weighted by molar-refractivity contribution is -0.114. The molecule has 1 amide bonds. The number of allylic oxidation sites excluding steroid dienone is 1. The van der Waals surface area contributed by atoms with E-state index in [9.17, 15) is 14.9 Å². The topological polar surface area (TPSA) is 74.9 Å². The lowest BCUT2D eigenvalue weighted by Gasteiger charge is -2.07. The number of carbonyl (C=O) groups is 2. The number of nitrogens with zero attached hydrogens (tertiary/aromatic N) is 2. The largest absolute Gasteiger partial charge is 0.348 e. The van der Waals surface area contributed by atoms with Gasteiger partial charge in [0.2, 0.25) is 11.7 Å². The Morgan fingerprint density at radius 1 is 1.23 bits per heavy atom. The van der Waals surface area contributed by atoms with Gasteiger partial charge in [-0.05, 0) is 50.1 Å². The van der Waals surface area contributed by atoms with E-state index < -0.39 is 0 Å². The molecule has 0 spiro atoms. The van der Waals surface area contributed by atoms with Gasteiger partial charge in [-0.2, -0.15) is 5.26 Å². The summed E-state index contributed by atoms with van der Waals surface area (Å²) in [6, 6.07) is 10.9. The number of nitrogens with one attached hydrogen (secondary N) is 1. The molecule has 0 saturated heterocycles. The van der Waals surface area contributed by atoms with Crippen molar-refractivity contribution in [2.45, 2.75) is 40.7 Å². The second-order valence-corrected chi connectivity index (χ2v) is 6.24. The maximum Gasteiger partial charge on any atom is 0.221 e. The van der Waals surface area contributed by atoms with Crippen molar-refractivity contribution >= 4 is 23.5 Å². The van der Waals surface area contributed by atoms with Crippen LogP contribution in [-0.2, 0) is 11.3 Å². The van der Waals surface area contributed by atoms with E-state index in [1.165, 1.54) is 6.92 Å². The van der Waals surface area contributed by atoms with E-state index in [-0.39, 0.29) is 17.3 Å². The minimum absolute atomic E-state index is 0.0917. The molecular weight excluding hydrogens is 326 g/mol. The van der Waals surface area contributed by atoms with Crippen LogP contribution in [0.15, 0.2) is 35.9 Å². The van der Waals surface area contributed by atoms with Crippen LogP contribution in [0.2, 0.25) is 0 Å². The number of rotatable bonds is 6. The summed E-state index contributed by atoms with van der Waals surface area (Å²) in [7, 11) is 0. The Bertz CT molecular complexity index is 897. The number of aromatic nitrogens is 1. The van der Waals surface area contributed by atoms with Gasteiger partial charge < -0.3 is 9.88 Å². The summed E-state index contributed by atoms with van der Waals surface area (Å²) in [5.41, 5.74) is 3.96. The van der Waals surface area contributed by atoms with Crippen molar-refractivity contribution in [2.75, 3.05) is 5.32 Å². The lowest BCUT2D eigenvalue weighted by Crippen LogP contribution is -2.06. The number of benzene rings is 1. The third kappa shape index (κ3) is 4.28. The summed E-state index contributed by atoms with van der Waals surface area (Å²) >= 11 is 0. The highest BCUT2D eigenvalue weighted by Crippen LogP contribution is 2.21. The summed E-state index contributed by atoms with van der Waals surface area (Å²) in [6.07, 6.45) is 2.55. The molecule has 134 valence electrons. The molecule has 1 heterocycles. The number of amides is 1. The van der Waals surface area contributed by atoms with Crippen LogP contribution < -0.4 is 5.32 Å². The van der Waals surface area contributed by atoms with E-state index in [4.69, 9.17) is 0 Å². The van der Waals surface area contributed by atoms with Gasteiger partial charge in [0.05, 0.1) is 0 Å². The summed E-state index contributed by atoms with van der Waals surface area (Å²) in [4.78, 5) is 23.9. The van der Waals surface area contributed by atoms with E-state index in [1.807, 2.05) is 26.0 Å². The fraction of sp³-hybridized carbons (Fsp3) is 0.286. The van der Waals surface area contributed by atoms with Crippen LogP contribution in [0.5, 0.6) is 0 Å². The van der Waals surface area contributed by atoms with Gasteiger partial charge in [-0.25, -0.2) is 0 Å². The molecule has 0 saturated carbocycles. The highest BCUT2D eigenvalue weighted by molar-refractivity contribution is 6.14. The summed E-state index contributed by atoms with van der Waals surface area (Å²) < 4.78 is 2.10. The van der Waals surface area contributed by atoms with Gasteiger partial charge in [-0.3, -0.25) is 9.59 Å². The minimum atomic E-state index is -0.270. The number of Topliss-reactive ketones (excluding diaryl/α,β-unsaturated/α-hetero) is 1. The van der Waals surface area contributed by atoms with Crippen LogP contribution in [0.4, 0.5) is 5.69 Å². The Hall–Kier alpha value is -3.13. The van der Waals surface area contributed by atoms with Crippen LogP contribution in [0.1, 0.15) is 47.6 Å². The molecule has 0 aliphatic rings. The van der Waals surface area contributed by atoms with E-state index in [0.29, 0.717) is 11.3 Å². The first-order chi connectivity index (χ1) is 12.4. The molecule has 0 radical (unpaired) electrons. The van der Waals surface area contributed by atoms with Gasteiger partial charge in [0, 0.05) is 36.1 Å². The summed E-state index contributed by atoms with van der Waals surface area (Å²) in [5, 5.41) is 12.1. The number of nitriles is 1. The molecule has 0 aliphatic heterocycles. The molecule has 0 unspecified atom stereocenters. The van der Waals surface area contributed by atoms with Crippen molar-refractivity contribution in [3.05, 3.63) is 58.4 Å². The van der Waals surface area contributed by atoms with Crippen LogP contribution in [0, 0.1) is 25.2 Å². The zero-order chi connectivity index (χ0) is 19.3. The van der Waals surface area contributed by atoms with Crippen molar-refractivity contribution in [2.24, 2.45) is 0 Å². The van der Waals surface area contributed by atoms with Gasteiger partial charge in [0.1, 0.15) is 11.6 Å². The monoisotopic (exact) mass is 349 g/mol. The van der Waals surface area contributed by atoms with E-state index in [2.05, 4.69) is 16.8 Å². The molecule has 0 fully saturated rings. The number of ketones is 1. The molecule has 0 aliphatic carbocycles. The van der Waals surface area contributed by atoms with Crippen molar-refractivity contribution in [1.29, 1.82) is 5.26 Å². The molecule has 1 N–H and O–H groups in total. The number of anilines is 1.